The van der Waals surface area contributed by atoms with Gasteiger partial charge in [-0.1, -0.05) is 76.3 Å². The molecule has 0 heterocycles. The Kier molecular flexibility index (Phi) is 23.6. The number of esters is 1. The topological polar surface area (TPSA) is 145 Å². The van der Waals surface area contributed by atoms with E-state index in [1.54, 1.807) is 11.8 Å². The Bertz CT molecular complexity index is 1070. The number of carbonyl (C=O) groups excluding carboxylic acids is 4. The van der Waals surface area contributed by atoms with E-state index in [0.717, 1.165) is 43.4 Å². The highest BCUT2D eigenvalue weighted by Gasteiger charge is 2.23. The Morgan fingerprint density at radius 2 is 1.57 bits per heavy atom. The van der Waals surface area contributed by atoms with Crippen molar-refractivity contribution in [2.45, 2.75) is 96.0 Å². The number of benzene rings is 1. The van der Waals surface area contributed by atoms with Crippen molar-refractivity contribution < 1.29 is 43.9 Å². The first-order chi connectivity index (χ1) is 22.5. The van der Waals surface area contributed by atoms with Gasteiger partial charge in [0, 0.05) is 36.5 Å². The Hall–Kier alpha value is -2.75. The standard InChI is InChI=1S/C36H56N2O8S/c1-5-20-43-21-22-44-23-24-45-27-31(39)25-30(17-18-34(41)46-26-29-14-10-9-11-15-29)35(42)38-19-13-8-6-7-12-16-33(40)32(37)28-47-36(2,3)4/h1,9-11,14-15,30,32H,6-8,12-13,16-28,37H2,2-4H3,(H,38,42)/p+1/t30-,32-/m1/s1. The van der Waals surface area contributed by atoms with Crippen molar-refractivity contribution in [2.24, 2.45) is 5.92 Å². The van der Waals surface area contributed by atoms with E-state index in [0.29, 0.717) is 32.8 Å². The van der Waals surface area contributed by atoms with Crippen molar-refractivity contribution in [3.05, 3.63) is 35.9 Å². The summed E-state index contributed by atoms with van der Waals surface area (Å²) in [5.74, 6) is 1.77. The largest absolute Gasteiger partial charge is 0.461 e. The maximum atomic E-state index is 13.0. The predicted octanol–water partition coefficient (Wildman–Crippen LogP) is 3.94. The van der Waals surface area contributed by atoms with Crippen LogP contribution >= 0.6 is 11.8 Å². The fourth-order valence-electron chi connectivity index (χ4n) is 4.37. The molecule has 47 heavy (non-hydrogen) atoms. The van der Waals surface area contributed by atoms with E-state index < -0.39 is 11.9 Å². The number of Topliss-reactive ketones (excluding diaryl/α,β-unsaturated/α-hetero) is 2. The number of ketones is 2. The number of rotatable bonds is 28. The van der Waals surface area contributed by atoms with Gasteiger partial charge in [0.25, 0.3) is 0 Å². The van der Waals surface area contributed by atoms with Crippen LogP contribution in [-0.2, 0) is 44.7 Å². The van der Waals surface area contributed by atoms with Crippen LogP contribution in [0.1, 0.15) is 84.1 Å². The molecule has 0 bridgehead atoms. The van der Waals surface area contributed by atoms with Gasteiger partial charge in [-0.15, -0.1) is 18.2 Å². The first kappa shape index (κ1) is 42.3. The van der Waals surface area contributed by atoms with Gasteiger partial charge in [-0.3, -0.25) is 19.2 Å². The van der Waals surface area contributed by atoms with Crippen LogP contribution in [0.5, 0.6) is 0 Å². The molecule has 0 saturated heterocycles. The summed E-state index contributed by atoms with van der Waals surface area (Å²) >= 11 is 1.77. The van der Waals surface area contributed by atoms with Crippen molar-refractivity contribution in [3.63, 3.8) is 0 Å². The van der Waals surface area contributed by atoms with E-state index in [1.807, 2.05) is 30.3 Å². The third-order valence-corrected chi connectivity index (χ3v) is 8.48. The lowest BCUT2D eigenvalue weighted by molar-refractivity contribution is -0.396. The molecule has 11 heteroatoms. The molecule has 0 radical (unpaired) electrons. The van der Waals surface area contributed by atoms with Gasteiger partial charge in [-0.2, -0.15) is 0 Å². The number of ether oxygens (including phenoxy) is 4. The third kappa shape index (κ3) is 24.1. The number of carbonyl (C=O) groups is 4. The molecule has 264 valence electrons. The minimum atomic E-state index is -0.669. The average molecular weight is 678 g/mol. The zero-order chi connectivity index (χ0) is 34.8. The Morgan fingerprint density at radius 3 is 2.28 bits per heavy atom. The number of unbranched alkanes of at least 4 members (excludes halogenated alkanes) is 4. The molecule has 0 spiro atoms. The minimum Gasteiger partial charge on any atom is -0.461 e. The fourth-order valence-corrected chi connectivity index (χ4v) is 5.26. The monoisotopic (exact) mass is 677 g/mol. The van der Waals surface area contributed by atoms with Crippen LogP contribution in [0.25, 0.3) is 0 Å². The highest BCUT2D eigenvalue weighted by molar-refractivity contribution is 8.00. The van der Waals surface area contributed by atoms with Crippen LogP contribution in [0, 0.1) is 18.3 Å². The maximum Gasteiger partial charge on any atom is 0.306 e. The second-order valence-electron chi connectivity index (χ2n) is 12.4. The molecular weight excluding hydrogens is 620 g/mol. The van der Waals surface area contributed by atoms with Gasteiger partial charge in [0.2, 0.25) is 5.91 Å². The van der Waals surface area contributed by atoms with Crippen LogP contribution in [0.15, 0.2) is 30.3 Å². The summed E-state index contributed by atoms with van der Waals surface area (Å²) in [6.07, 6.45) is 10.3. The van der Waals surface area contributed by atoms with E-state index >= 15 is 0 Å². The van der Waals surface area contributed by atoms with Gasteiger partial charge in [-0.25, -0.2) is 0 Å². The maximum absolute atomic E-state index is 13.0. The normalized spacial score (nSPS) is 12.6. The van der Waals surface area contributed by atoms with E-state index in [9.17, 15) is 19.2 Å². The van der Waals surface area contributed by atoms with Gasteiger partial charge in [0.05, 0.1) is 32.2 Å². The molecule has 0 fully saturated rings. The first-order valence-electron chi connectivity index (χ1n) is 16.7. The summed E-state index contributed by atoms with van der Waals surface area (Å²) in [5, 5.41) is 2.93. The number of thioether (sulfide) groups is 1. The van der Waals surface area contributed by atoms with Crippen LogP contribution in [0.4, 0.5) is 0 Å². The molecule has 0 aliphatic rings. The highest BCUT2D eigenvalue weighted by Crippen LogP contribution is 2.23. The first-order valence-corrected chi connectivity index (χ1v) is 17.7. The zero-order valence-corrected chi connectivity index (χ0v) is 29.5. The molecule has 0 unspecified atom stereocenters. The molecule has 0 aromatic heterocycles. The van der Waals surface area contributed by atoms with Gasteiger partial charge in [0.15, 0.2) is 17.6 Å². The quantitative estimate of drug-likeness (QED) is 0.0766. The lowest BCUT2D eigenvalue weighted by Crippen LogP contribution is -2.66. The van der Waals surface area contributed by atoms with E-state index in [2.05, 4.69) is 37.7 Å². The molecule has 10 nitrogen and oxygen atoms in total. The zero-order valence-electron chi connectivity index (χ0n) is 28.7. The summed E-state index contributed by atoms with van der Waals surface area (Å²) < 4.78 is 21.4. The SMILES string of the molecule is C#CCOCCOCCOCC(=O)C[C@@H](CCC(=O)OCc1ccccc1)C(=O)NCCCCCCCC(=O)[C@H]([NH3+])CSC(C)(C)C. The molecule has 0 saturated carbocycles. The van der Waals surface area contributed by atoms with Gasteiger partial charge in [-0.05, 0) is 24.8 Å². The van der Waals surface area contributed by atoms with Crippen molar-refractivity contribution in [1.29, 1.82) is 0 Å². The number of nitrogens with one attached hydrogen (secondary N) is 1. The number of quaternary nitrogens is 1. The Morgan fingerprint density at radius 1 is 0.915 bits per heavy atom. The van der Waals surface area contributed by atoms with Crippen LogP contribution in [-0.4, -0.2) is 86.2 Å². The van der Waals surface area contributed by atoms with Crippen molar-refractivity contribution in [2.75, 3.05) is 51.9 Å². The smallest absolute Gasteiger partial charge is 0.306 e. The molecule has 0 aliphatic carbocycles. The summed E-state index contributed by atoms with van der Waals surface area (Å²) in [7, 11) is 0. The minimum absolute atomic E-state index is 0.0242. The van der Waals surface area contributed by atoms with Crippen LogP contribution < -0.4 is 11.1 Å². The molecule has 1 aromatic rings. The summed E-state index contributed by atoms with van der Waals surface area (Å²) in [4.78, 5) is 50.4. The van der Waals surface area contributed by atoms with Crippen molar-refractivity contribution in [1.82, 2.24) is 5.32 Å². The second-order valence-corrected chi connectivity index (χ2v) is 14.3. The molecule has 4 N–H and O–H groups in total. The summed E-state index contributed by atoms with van der Waals surface area (Å²) in [6, 6.07) is 9.19. The fraction of sp³-hybridized carbons (Fsp3) is 0.667. The Labute approximate surface area is 285 Å². The lowest BCUT2D eigenvalue weighted by Gasteiger charge is -2.18. The van der Waals surface area contributed by atoms with E-state index in [1.165, 1.54) is 0 Å². The number of hydrogen-bond donors (Lipinski definition) is 2. The number of hydrogen-bond acceptors (Lipinski definition) is 9. The average Bonchev–Trinajstić information content (AvgIpc) is 3.04. The molecule has 2 atom stereocenters. The second kappa shape index (κ2) is 26.2. The van der Waals surface area contributed by atoms with Crippen molar-refractivity contribution >= 4 is 35.2 Å². The number of terminal acetylenes is 1. The van der Waals surface area contributed by atoms with Gasteiger partial charge < -0.3 is 30.0 Å². The van der Waals surface area contributed by atoms with E-state index in [4.69, 9.17) is 25.4 Å². The highest BCUT2D eigenvalue weighted by atomic mass is 32.2. The summed E-state index contributed by atoms with van der Waals surface area (Å²) in [5.41, 5.74) is 4.91. The molecule has 1 aromatic carbocycles. The van der Waals surface area contributed by atoms with E-state index in [-0.39, 0.29) is 74.0 Å². The molecular formula is C36H57N2O8S+. The van der Waals surface area contributed by atoms with Crippen molar-refractivity contribution in [3.8, 4) is 12.3 Å². The molecule has 1 amide bonds. The number of amides is 1. The Balaban J connectivity index is 2.39. The van der Waals surface area contributed by atoms with Gasteiger partial charge in [0.1, 0.15) is 19.8 Å². The summed E-state index contributed by atoms with van der Waals surface area (Å²) in [6.45, 7) is 8.40. The molecule has 0 aliphatic heterocycles. The van der Waals surface area contributed by atoms with Crippen LogP contribution in [0.2, 0.25) is 0 Å². The van der Waals surface area contributed by atoms with Gasteiger partial charge >= 0.3 is 5.97 Å². The lowest BCUT2D eigenvalue weighted by atomic mass is 9.96. The predicted molar refractivity (Wildman–Crippen MR) is 184 cm³/mol. The van der Waals surface area contributed by atoms with Crippen LogP contribution in [0.3, 0.4) is 0 Å². The molecule has 1 rings (SSSR count). The third-order valence-electron chi connectivity index (χ3n) is 7.05.